The summed E-state index contributed by atoms with van der Waals surface area (Å²) in [5.74, 6) is -0.672. The fourth-order valence-corrected chi connectivity index (χ4v) is 3.28. The first kappa shape index (κ1) is 15.6. The summed E-state index contributed by atoms with van der Waals surface area (Å²) in [5.41, 5.74) is 0.548. The SMILES string of the molecule is O=C(OCC(=O)N1CCCCCC1)c1sccc1-n1cnnn1. The number of likely N-dealkylation sites (tertiary alicyclic amines) is 1. The molecule has 0 saturated carbocycles. The van der Waals surface area contributed by atoms with Gasteiger partial charge in [0.15, 0.2) is 6.61 Å². The molecule has 2 aromatic heterocycles. The van der Waals surface area contributed by atoms with E-state index in [9.17, 15) is 9.59 Å². The summed E-state index contributed by atoms with van der Waals surface area (Å²) >= 11 is 1.23. The second kappa shape index (κ2) is 7.32. The lowest BCUT2D eigenvalue weighted by Crippen LogP contribution is -2.35. The van der Waals surface area contributed by atoms with Crippen LogP contribution in [0.4, 0.5) is 0 Å². The molecule has 0 atom stereocenters. The molecule has 8 nitrogen and oxygen atoms in total. The van der Waals surface area contributed by atoms with Gasteiger partial charge in [0, 0.05) is 13.1 Å². The summed E-state index contributed by atoms with van der Waals surface area (Å²) in [6.07, 6.45) is 5.71. The maximum absolute atomic E-state index is 12.2. The lowest BCUT2D eigenvalue weighted by atomic mass is 10.2. The summed E-state index contributed by atoms with van der Waals surface area (Å²) in [7, 11) is 0. The average Bonchev–Trinajstić information content (AvgIpc) is 3.18. The van der Waals surface area contributed by atoms with E-state index in [2.05, 4.69) is 15.5 Å². The van der Waals surface area contributed by atoms with Gasteiger partial charge >= 0.3 is 5.97 Å². The van der Waals surface area contributed by atoms with Crippen LogP contribution < -0.4 is 0 Å². The van der Waals surface area contributed by atoms with E-state index >= 15 is 0 Å². The predicted molar refractivity (Wildman–Crippen MR) is 82.4 cm³/mol. The Bertz CT molecular complexity index is 662. The van der Waals surface area contributed by atoms with Crippen LogP contribution >= 0.6 is 11.3 Å². The summed E-state index contributed by atoms with van der Waals surface area (Å²) in [5, 5.41) is 12.6. The van der Waals surface area contributed by atoms with E-state index in [1.165, 1.54) is 22.3 Å². The number of hydrogen-bond donors (Lipinski definition) is 0. The number of amides is 1. The van der Waals surface area contributed by atoms with Gasteiger partial charge in [-0.25, -0.2) is 4.79 Å². The first-order chi connectivity index (χ1) is 11.3. The van der Waals surface area contributed by atoms with E-state index in [1.54, 1.807) is 16.3 Å². The molecule has 23 heavy (non-hydrogen) atoms. The molecule has 1 aliphatic rings. The first-order valence-electron chi connectivity index (χ1n) is 7.51. The largest absolute Gasteiger partial charge is 0.451 e. The fraction of sp³-hybridized carbons (Fsp3) is 0.500. The van der Waals surface area contributed by atoms with Crippen LogP contribution in [0.1, 0.15) is 35.4 Å². The number of nitrogens with zero attached hydrogens (tertiary/aromatic N) is 5. The Balaban J connectivity index is 1.59. The quantitative estimate of drug-likeness (QED) is 0.782. The molecule has 0 radical (unpaired) electrons. The molecule has 0 unspecified atom stereocenters. The van der Waals surface area contributed by atoms with E-state index in [1.807, 2.05) is 0 Å². The van der Waals surface area contributed by atoms with Crippen molar-refractivity contribution in [2.45, 2.75) is 25.7 Å². The highest BCUT2D eigenvalue weighted by Gasteiger charge is 2.21. The standard InChI is InChI=1S/C14H17N5O3S/c20-12(18-6-3-1-2-4-7-18)9-22-14(21)13-11(5-8-23-13)19-10-15-16-17-19/h5,8,10H,1-4,6-7,9H2. The normalized spacial score (nSPS) is 15.2. The minimum absolute atomic E-state index is 0.138. The number of esters is 1. The molecule has 1 saturated heterocycles. The number of carbonyl (C=O) groups is 2. The molecule has 0 N–H and O–H groups in total. The van der Waals surface area contributed by atoms with Gasteiger partial charge in [-0.2, -0.15) is 4.68 Å². The molecule has 1 aliphatic heterocycles. The Morgan fingerprint density at radius 1 is 1.22 bits per heavy atom. The van der Waals surface area contributed by atoms with Crippen molar-refractivity contribution in [2.75, 3.05) is 19.7 Å². The topological polar surface area (TPSA) is 90.2 Å². The van der Waals surface area contributed by atoms with E-state index < -0.39 is 5.97 Å². The minimum atomic E-state index is -0.534. The van der Waals surface area contributed by atoms with E-state index in [-0.39, 0.29) is 12.5 Å². The summed E-state index contributed by atoms with van der Waals surface area (Å²) < 4.78 is 6.57. The van der Waals surface area contributed by atoms with Gasteiger partial charge in [-0.05, 0) is 34.7 Å². The molecular formula is C14H17N5O3S. The van der Waals surface area contributed by atoms with Crippen LogP contribution in [0.5, 0.6) is 0 Å². The fourth-order valence-electron chi connectivity index (χ4n) is 2.51. The average molecular weight is 335 g/mol. The van der Waals surface area contributed by atoms with Crippen LogP contribution in [0.2, 0.25) is 0 Å². The van der Waals surface area contributed by atoms with Gasteiger partial charge in [0.25, 0.3) is 5.91 Å². The van der Waals surface area contributed by atoms with Gasteiger partial charge in [-0.3, -0.25) is 4.79 Å². The number of ether oxygens (including phenoxy) is 1. The van der Waals surface area contributed by atoms with Crippen molar-refractivity contribution in [1.82, 2.24) is 25.1 Å². The first-order valence-corrected chi connectivity index (χ1v) is 8.39. The summed E-state index contributed by atoms with van der Waals surface area (Å²) in [4.78, 5) is 26.5. The zero-order valence-corrected chi connectivity index (χ0v) is 13.4. The van der Waals surface area contributed by atoms with Crippen LogP contribution in [-0.2, 0) is 9.53 Å². The second-order valence-electron chi connectivity index (χ2n) is 5.26. The van der Waals surface area contributed by atoms with Crippen molar-refractivity contribution >= 4 is 23.2 Å². The van der Waals surface area contributed by atoms with Gasteiger partial charge in [0.1, 0.15) is 11.2 Å². The molecule has 3 rings (SSSR count). The number of aromatic nitrogens is 4. The van der Waals surface area contributed by atoms with Crippen LogP contribution in [0.3, 0.4) is 0 Å². The highest BCUT2D eigenvalue weighted by molar-refractivity contribution is 7.12. The van der Waals surface area contributed by atoms with Crippen molar-refractivity contribution in [1.29, 1.82) is 0 Å². The molecule has 9 heteroatoms. The Kier molecular flexibility index (Phi) is 4.96. The molecule has 2 aromatic rings. The van der Waals surface area contributed by atoms with Crippen LogP contribution in [0.15, 0.2) is 17.8 Å². The third kappa shape index (κ3) is 3.73. The number of hydrogen-bond acceptors (Lipinski definition) is 7. The van der Waals surface area contributed by atoms with Crippen molar-refractivity contribution in [3.8, 4) is 5.69 Å². The Morgan fingerprint density at radius 2 is 2.00 bits per heavy atom. The maximum atomic E-state index is 12.2. The van der Waals surface area contributed by atoms with Crippen molar-refractivity contribution < 1.29 is 14.3 Å². The molecular weight excluding hydrogens is 318 g/mol. The van der Waals surface area contributed by atoms with E-state index in [0.29, 0.717) is 10.6 Å². The van der Waals surface area contributed by atoms with Gasteiger partial charge in [0.2, 0.25) is 0 Å². The Hall–Kier alpha value is -2.29. The zero-order valence-electron chi connectivity index (χ0n) is 12.6. The number of tetrazole rings is 1. The smallest absolute Gasteiger partial charge is 0.351 e. The van der Waals surface area contributed by atoms with Crippen molar-refractivity contribution in [2.24, 2.45) is 0 Å². The molecule has 0 aromatic carbocycles. The number of thiophene rings is 1. The third-order valence-corrected chi connectivity index (χ3v) is 4.59. The van der Waals surface area contributed by atoms with Gasteiger partial charge in [-0.1, -0.05) is 12.8 Å². The highest BCUT2D eigenvalue weighted by atomic mass is 32.1. The van der Waals surface area contributed by atoms with Crippen molar-refractivity contribution in [3.05, 3.63) is 22.7 Å². The Labute approximate surface area is 137 Å². The zero-order chi connectivity index (χ0) is 16.1. The molecule has 0 aliphatic carbocycles. The molecule has 0 bridgehead atoms. The van der Waals surface area contributed by atoms with Gasteiger partial charge in [-0.15, -0.1) is 16.4 Å². The molecule has 1 fully saturated rings. The second-order valence-corrected chi connectivity index (χ2v) is 6.18. The molecule has 3 heterocycles. The third-order valence-electron chi connectivity index (χ3n) is 3.71. The summed E-state index contributed by atoms with van der Waals surface area (Å²) in [6, 6.07) is 1.73. The van der Waals surface area contributed by atoms with Crippen LogP contribution in [-0.4, -0.2) is 56.7 Å². The lowest BCUT2D eigenvalue weighted by molar-refractivity contribution is -0.134. The molecule has 1 amide bonds. The monoisotopic (exact) mass is 335 g/mol. The summed E-state index contributed by atoms with van der Waals surface area (Å²) in [6.45, 7) is 1.25. The van der Waals surface area contributed by atoms with E-state index in [0.717, 1.165) is 38.8 Å². The predicted octanol–water partition coefficient (Wildman–Crippen LogP) is 1.28. The molecule has 122 valence electrons. The lowest BCUT2D eigenvalue weighted by Gasteiger charge is -2.19. The molecule has 0 spiro atoms. The minimum Gasteiger partial charge on any atom is -0.451 e. The van der Waals surface area contributed by atoms with Crippen LogP contribution in [0.25, 0.3) is 5.69 Å². The van der Waals surface area contributed by atoms with Crippen LogP contribution in [0, 0.1) is 0 Å². The van der Waals surface area contributed by atoms with Gasteiger partial charge < -0.3 is 9.64 Å². The van der Waals surface area contributed by atoms with E-state index in [4.69, 9.17) is 4.74 Å². The maximum Gasteiger partial charge on any atom is 0.351 e. The van der Waals surface area contributed by atoms with Crippen molar-refractivity contribution in [3.63, 3.8) is 0 Å². The Morgan fingerprint density at radius 3 is 2.70 bits per heavy atom. The van der Waals surface area contributed by atoms with Gasteiger partial charge in [0.05, 0.1) is 5.69 Å². The number of carbonyl (C=O) groups excluding carboxylic acids is 2. The highest BCUT2D eigenvalue weighted by Crippen LogP contribution is 2.21. The number of rotatable bonds is 4.